The van der Waals surface area contributed by atoms with Gasteiger partial charge in [0.2, 0.25) is 0 Å². The van der Waals surface area contributed by atoms with Crippen LogP contribution in [0.3, 0.4) is 0 Å². The lowest BCUT2D eigenvalue weighted by Crippen LogP contribution is -2.19. The van der Waals surface area contributed by atoms with Gasteiger partial charge in [0, 0.05) is 21.5 Å². The third kappa shape index (κ3) is 4.05. The third-order valence-electron chi connectivity index (χ3n) is 4.47. The smallest absolute Gasteiger partial charge is 0.255 e. The minimum Gasteiger partial charge on any atom is -0.484 e. The second-order valence-corrected chi connectivity index (χ2v) is 6.91. The Bertz CT molecular complexity index is 1210. The molecule has 144 valence electrons. The number of nitrogens with zero attached hydrogens (tertiary/aromatic N) is 1. The number of halogens is 2. The highest BCUT2D eigenvalue weighted by Gasteiger charge is 2.13. The third-order valence-corrected chi connectivity index (χ3v) is 4.70. The zero-order valence-corrected chi connectivity index (χ0v) is 16.0. The predicted octanol–water partition coefficient (Wildman–Crippen LogP) is 5.23. The van der Waals surface area contributed by atoms with Crippen molar-refractivity contribution in [2.75, 3.05) is 6.61 Å². The van der Waals surface area contributed by atoms with Crippen molar-refractivity contribution >= 4 is 28.4 Å². The van der Waals surface area contributed by atoms with Gasteiger partial charge in [-0.15, -0.1) is 0 Å². The summed E-state index contributed by atoms with van der Waals surface area (Å²) in [4.78, 5) is 15.6. The highest BCUT2D eigenvalue weighted by atomic mass is 35.5. The van der Waals surface area contributed by atoms with Gasteiger partial charge in [0.25, 0.3) is 5.91 Å². The number of primary amides is 1. The largest absolute Gasteiger partial charge is 0.484 e. The van der Waals surface area contributed by atoms with Gasteiger partial charge in [-0.25, -0.2) is 9.37 Å². The van der Waals surface area contributed by atoms with Crippen molar-refractivity contribution in [2.24, 2.45) is 5.73 Å². The molecule has 6 heteroatoms. The van der Waals surface area contributed by atoms with Crippen LogP contribution in [0.4, 0.5) is 4.39 Å². The van der Waals surface area contributed by atoms with Crippen molar-refractivity contribution in [2.45, 2.75) is 0 Å². The molecule has 0 atom stereocenters. The summed E-state index contributed by atoms with van der Waals surface area (Å²) < 4.78 is 19.8. The van der Waals surface area contributed by atoms with E-state index >= 15 is 0 Å². The maximum absolute atomic E-state index is 14.5. The van der Waals surface area contributed by atoms with Gasteiger partial charge in [0.15, 0.2) is 6.61 Å². The number of carbonyl (C=O) groups excluding carboxylic acids is 1. The second-order valence-electron chi connectivity index (χ2n) is 6.48. The molecular weight excluding hydrogens is 391 g/mol. The number of benzene rings is 3. The average molecular weight is 407 g/mol. The molecule has 0 aliphatic rings. The summed E-state index contributed by atoms with van der Waals surface area (Å²) in [7, 11) is 0. The van der Waals surface area contributed by atoms with Crippen LogP contribution in [-0.4, -0.2) is 17.5 Å². The van der Waals surface area contributed by atoms with Crippen molar-refractivity contribution in [3.05, 3.63) is 83.6 Å². The summed E-state index contributed by atoms with van der Waals surface area (Å²) >= 11 is 6.18. The molecule has 0 aliphatic heterocycles. The first-order chi connectivity index (χ1) is 14.0. The van der Waals surface area contributed by atoms with Gasteiger partial charge < -0.3 is 10.5 Å². The molecule has 1 amide bonds. The molecule has 1 aromatic heterocycles. The highest BCUT2D eigenvalue weighted by Crippen LogP contribution is 2.35. The van der Waals surface area contributed by atoms with Crippen molar-refractivity contribution in [3.8, 4) is 28.1 Å². The number of pyridine rings is 1. The average Bonchev–Trinajstić information content (AvgIpc) is 2.72. The molecule has 3 aromatic carbocycles. The van der Waals surface area contributed by atoms with E-state index in [-0.39, 0.29) is 12.4 Å². The van der Waals surface area contributed by atoms with Gasteiger partial charge in [0.05, 0.1) is 11.2 Å². The van der Waals surface area contributed by atoms with E-state index < -0.39 is 5.91 Å². The molecule has 0 radical (unpaired) electrons. The fraction of sp³-hybridized carbons (Fsp3) is 0.0435. The second kappa shape index (κ2) is 7.89. The topological polar surface area (TPSA) is 65.2 Å². The summed E-state index contributed by atoms with van der Waals surface area (Å²) in [6.07, 6.45) is 0. The predicted molar refractivity (Wildman–Crippen MR) is 112 cm³/mol. The van der Waals surface area contributed by atoms with Crippen LogP contribution in [0.2, 0.25) is 5.02 Å². The maximum atomic E-state index is 14.5. The van der Waals surface area contributed by atoms with E-state index in [1.54, 1.807) is 42.5 Å². The Labute approximate surface area is 171 Å². The van der Waals surface area contributed by atoms with Crippen LogP contribution in [0, 0.1) is 5.82 Å². The molecule has 0 saturated heterocycles. The molecule has 0 spiro atoms. The zero-order valence-electron chi connectivity index (χ0n) is 15.2. The fourth-order valence-corrected chi connectivity index (χ4v) is 3.30. The summed E-state index contributed by atoms with van der Waals surface area (Å²) in [5.41, 5.74) is 8.49. The number of hydrogen-bond donors (Lipinski definition) is 1. The number of carbonyl (C=O) groups is 1. The molecule has 1 heterocycles. The minimum atomic E-state index is -0.543. The van der Waals surface area contributed by atoms with E-state index in [2.05, 4.69) is 0 Å². The normalized spacial score (nSPS) is 10.8. The first-order valence-electron chi connectivity index (χ1n) is 8.88. The van der Waals surface area contributed by atoms with Crippen molar-refractivity contribution < 1.29 is 13.9 Å². The van der Waals surface area contributed by atoms with Gasteiger partial charge in [-0.1, -0.05) is 29.8 Å². The lowest BCUT2D eigenvalue weighted by Gasteiger charge is -2.12. The Kier molecular flexibility index (Phi) is 5.14. The number of aromatic nitrogens is 1. The van der Waals surface area contributed by atoms with E-state index in [0.29, 0.717) is 33.1 Å². The quantitative estimate of drug-likeness (QED) is 0.493. The van der Waals surface area contributed by atoms with Crippen molar-refractivity contribution in [1.82, 2.24) is 4.98 Å². The van der Waals surface area contributed by atoms with E-state index in [4.69, 9.17) is 27.1 Å². The summed E-state index contributed by atoms with van der Waals surface area (Å²) in [6, 6.07) is 20.9. The van der Waals surface area contributed by atoms with Gasteiger partial charge >= 0.3 is 0 Å². The summed E-state index contributed by atoms with van der Waals surface area (Å²) in [5, 5.41) is 1.33. The molecular formula is C23H16ClFN2O2. The number of rotatable bonds is 5. The maximum Gasteiger partial charge on any atom is 0.255 e. The van der Waals surface area contributed by atoms with E-state index in [1.807, 2.05) is 24.3 Å². The summed E-state index contributed by atoms with van der Waals surface area (Å²) in [5.74, 6) is -0.339. The lowest BCUT2D eigenvalue weighted by molar-refractivity contribution is -0.119. The molecule has 0 saturated carbocycles. The number of ether oxygens (including phenoxy) is 1. The summed E-state index contributed by atoms with van der Waals surface area (Å²) in [6.45, 7) is -0.189. The van der Waals surface area contributed by atoms with Crippen LogP contribution in [0.1, 0.15) is 0 Å². The van der Waals surface area contributed by atoms with E-state index in [1.165, 1.54) is 6.07 Å². The standard InChI is InChI=1S/C23H16ClFN2O2/c24-15-7-10-21-19(11-15)18(17-3-1-2-4-20(17)25)12-22(27-21)14-5-8-16(9-6-14)29-13-23(26)28/h1-12H,13H2,(H2,26,28). The molecule has 0 aliphatic carbocycles. The number of hydrogen-bond acceptors (Lipinski definition) is 3. The van der Waals surface area contributed by atoms with Crippen molar-refractivity contribution in [1.29, 1.82) is 0 Å². The van der Waals surface area contributed by atoms with Crippen LogP contribution in [0.5, 0.6) is 5.75 Å². The van der Waals surface area contributed by atoms with Crippen LogP contribution in [0.15, 0.2) is 72.8 Å². The van der Waals surface area contributed by atoms with Crippen LogP contribution in [-0.2, 0) is 4.79 Å². The fourth-order valence-electron chi connectivity index (χ4n) is 3.12. The number of nitrogens with two attached hydrogens (primary N) is 1. The Balaban J connectivity index is 1.83. The lowest BCUT2D eigenvalue weighted by atomic mass is 9.98. The Morgan fingerprint density at radius 1 is 1.00 bits per heavy atom. The molecule has 0 unspecified atom stereocenters. The first kappa shape index (κ1) is 18.9. The monoisotopic (exact) mass is 406 g/mol. The molecule has 29 heavy (non-hydrogen) atoms. The van der Waals surface area contributed by atoms with E-state index in [0.717, 1.165) is 10.9 Å². The van der Waals surface area contributed by atoms with E-state index in [9.17, 15) is 9.18 Å². The van der Waals surface area contributed by atoms with Crippen molar-refractivity contribution in [3.63, 3.8) is 0 Å². The van der Waals surface area contributed by atoms with Crippen LogP contribution in [0.25, 0.3) is 33.3 Å². The first-order valence-corrected chi connectivity index (χ1v) is 9.26. The molecule has 4 nitrogen and oxygen atoms in total. The number of amides is 1. The van der Waals surface area contributed by atoms with Gasteiger partial charge in [0.1, 0.15) is 11.6 Å². The van der Waals surface area contributed by atoms with Gasteiger partial charge in [-0.05, 0) is 60.2 Å². The molecule has 0 bridgehead atoms. The Hall–Kier alpha value is -3.44. The minimum absolute atomic E-state index is 0.189. The molecule has 4 rings (SSSR count). The Morgan fingerprint density at radius 3 is 2.48 bits per heavy atom. The zero-order chi connectivity index (χ0) is 20.4. The molecule has 4 aromatic rings. The van der Waals surface area contributed by atoms with Crippen LogP contribution < -0.4 is 10.5 Å². The van der Waals surface area contributed by atoms with Gasteiger partial charge in [-0.2, -0.15) is 0 Å². The molecule has 0 fully saturated rings. The number of fused-ring (bicyclic) bond motifs is 1. The highest BCUT2D eigenvalue weighted by molar-refractivity contribution is 6.31. The Morgan fingerprint density at radius 2 is 1.76 bits per heavy atom. The van der Waals surface area contributed by atoms with Crippen LogP contribution >= 0.6 is 11.6 Å². The van der Waals surface area contributed by atoms with Gasteiger partial charge in [-0.3, -0.25) is 4.79 Å². The SMILES string of the molecule is NC(=O)COc1ccc(-c2cc(-c3ccccc3F)c3cc(Cl)ccc3n2)cc1. The molecule has 2 N–H and O–H groups in total.